The molecule has 1 aliphatic rings. The van der Waals surface area contributed by atoms with E-state index in [0.29, 0.717) is 11.6 Å². The minimum absolute atomic E-state index is 0.223. The van der Waals surface area contributed by atoms with Crippen molar-refractivity contribution < 1.29 is 9.90 Å². The molecule has 2 aromatic rings. The molecule has 6 heteroatoms. The van der Waals surface area contributed by atoms with Gasteiger partial charge in [-0.3, -0.25) is 4.40 Å². The van der Waals surface area contributed by atoms with Gasteiger partial charge in [0, 0.05) is 6.42 Å². The lowest BCUT2D eigenvalue weighted by Crippen LogP contribution is -2.31. The molecule has 100 valence electrons. The van der Waals surface area contributed by atoms with E-state index < -0.39 is 5.97 Å². The Kier molecular flexibility index (Phi) is 3.16. The van der Waals surface area contributed by atoms with Crippen LogP contribution in [0.5, 0.6) is 0 Å². The first-order chi connectivity index (χ1) is 9.25. The highest BCUT2D eigenvalue weighted by Gasteiger charge is 2.19. The number of aromatic nitrogens is 3. The van der Waals surface area contributed by atoms with Gasteiger partial charge >= 0.3 is 5.97 Å². The molecule has 0 aromatic carbocycles. The lowest BCUT2D eigenvalue weighted by Gasteiger charge is -2.21. The van der Waals surface area contributed by atoms with Crippen LogP contribution in [-0.2, 0) is 6.42 Å². The molecule has 3 rings (SSSR count). The molecule has 0 aliphatic carbocycles. The summed E-state index contributed by atoms with van der Waals surface area (Å²) in [6.07, 6.45) is 3.07. The first-order valence-electron chi connectivity index (χ1n) is 6.53. The van der Waals surface area contributed by atoms with Crippen LogP contribution in [0.3, 0.4) is 0 Å². The van der Waals surface area contributed by atoms with Gasteiger partial charge in [-0.05, 0) is 44.0 Å². The normalized spacial score (nSPS) is 19.7. The Bertz CT molecular complexity index is 602. The van der Waals surface area contributed by atoms with E-state index in [9.17, 15) is 9.90 Å². The molecule has 3 heterocycles. The minimum Gasteiger partial charge on any atom is -0.477 e. The van der Waals surface area contributed by atoms with Crippen LogP contribution in [0.15, 0.2) is 18.2 Å². The van der Waals surface area contributed by atoms with Gasteiger partial charge in [-0.15, -0.1) is 10.2 Å². The Labute approximate surface area is 110 Å². The third-order valence-electron chi connectivity index (χ3n) is 3.58. The summed E-state index contributed by atoms with van der Waals surface area (Å²) >= 11 is 0. The third-order valence-corrected chi connectivity index (χ3v) is 3.58. The second-order valence-electron chi connectivity index (χ2n) is 4.94. The minimum atomic E-state index is -0.951. The quantitative estimate of drug-likeness (QED) is 0.859. The first kappa shape index (κ1) is 12.1. The zero-order valence-electron chi connectivity index (χ0n) is 10.5. The molecule has 1 aliphatic heterocycles. The molecule has 1 fully saturated rings. The lowest BCUT2D eigenvalue weighted by atomic mass is 9.96. The van der Waals surface area contributed by atoms with Gasteiger partial charge in [0.15, 0.2) is 5.65 Å². The van der Waals surface area contributed by atoms with Gasteiger partial charge in [0.05, 0.1) is 0 Å². The Hall–Kier alpha value is -1.95. The summed E-state index contributed by atoms with van der Waals surface area (Å²) in [5, 5.41) is 20.8. The van der Waals surface area contributed by atoms with Crippen molar-refractivity contribution in [2.45, 2.75) is 19.3 Å². The Morgan fingerprint density at radius 2 is 2.37 bits per heavy atom. The molecule has 0 saturated carbocycles. The Morgan fingerprint density at radius 3 is 3.11 bits per heavy atom. The smallest absolute Gasteiger partial charge is 0.352 e. The predicted molar refractivity (Wildman–Crippen MR) is 69.2 cm³/mol. The molecule has 0 amide bonds. The van der Waals surface area contributed by atoms with Crippen LogP contribution in [0, 0.1) is 5.92 Å². The van der Waals surface area contributed by atoms with Crippen molar-refractivity contribution in [2.75, 3.05) is 13.1 Å². The molecule has 1 saturated heterocycles. The maximum Gasteiger partial charge on any atom is 0.352 e. The molecular formula is C13H16N4O2. The van der Waals surface area contributed by atoms with E-state index in [-0.39, 0.29) is 5.69 Å². The van der Waals surface area contributed by atoms with E-state index in [2.05, 4.69) is 15.5 Å². The Morgan fingerprint density at radius 1 is 1.47 bits per heavy atom. The number of aromatic carboxylic acids is 1. The van der Waals surface area contributed by atoms with Crippen molar-refractivity contribution in [1.82, 2.24) is 19.9 Å². The number of piperidine rings is 1. The van der Waals surface area contributed by atoms with Gasteiger partial charge in [0.2, 0.25) is 0 Å². The van der Waals surface area contributed by atoms with Gasteiger partial charge < -0.3 is 10.4 Å². The predicted octanol–water partition coefficient (Wildman–Crippen LogP) is 0.970. The molecule has 0 bridgehead atoms. The monoisotopic (exact) mass is 260 g/mol. The zero-order chi connectivity index (χ0) is 13.2. The van der Waals surface area contributed by atoms with Crippen LogP contribution >= 0.6 is 0 Å². The molecule has 1 atom stereocenters. The van der Waals surface area contributed by atoms with Crippen LogP contribution in [0.2, 0.25) is 0 Å². The highest BCUT2D eigenvalue weighted by atomic mass is 16.4. The highest BCUT2D eigenvalue weighted by Crippen LogP contribution is 2.17. The fourth-order valence-electron chi connectivity index (χ4n) is 2.66. The maximum absolute atomic E-state index is 11.3. The van der Waals surface area contributed by atoms with E-state index >= 15 is 0 Å². The maximum atomic E-state index is 11.3. The van der Waals surface area contributed by atoms with Gasteiger partial charge in [-0.25, -0.2) is 4.79 Å². The standard InChI is InChI=1S/C13H16N4O2/c18-13(19)10-4-1-5-11-15-16-12(17(10)11)7-9-3-2-6-14-8-9/h1,4-5,9,14H,2-3,6-8H2,(H,18,19). The number of nitrogens with zero attached hydrogens (tertiary/aromatic N) is 3. The van der Waals surface area contributed by atoms with Crippen molar-refractivity contribution in [3.05, 3.63) is 29.7 Å². The van der Waals surface area contributed by atoms with Crippen LogP contribution in [0.4, 0.5) is 0 Å². The van der Waals surface area contributed by atoms with E-state index in [1.807, 2.05) is 0 Å². The van der Waals surface area contributed by atoms with Crippen LogP contribution in [0.25, 0.3) is 5.65 Å². The highest BCUT2D eigenvalue weighted by molar-refractivity contribution is 5.86. The fraction of sp³-hybridized carbons (Fsp3) is 0.462. The van der Waals surface area contributed by atoms with Crippen molar-refractivity contribution in [3.63, 3.8) is 0 Å². The van der Waals surface area contributed by atoms with Gasteiger partial charge in [-0.1, -0.05) is 6.07 Å². The summed E-state index contributed by atoms with van der Waals surface area (Å²) in [6.45, 7) is 2.03. The molecular weight excluding hydrogens is 244 g/mol. The molecule has 2 aromatic heterocycles. The van der Waals surface area contributed by atoms with Crippen LogP contribution in [-0.4, -0.2) is 38.8 Å². The molecule has 2 N–H and O–H groups in total. The summed E-state index contributed by atoms with van der Waals surface area (Å²) in [5.41, 5.74) is 0.819. The number of carboxylic acid groups (broad SMARTS) is 1. The molecule has 0 radical (unpaired) electrons. The number of hydrogen-bond acceptors (Lipinski definition) is 4. The number of nitrogens with one attached hydrogen (secondary N) is 1. The molecule has 1 unspecified atom stereocenters. The zero-order valence-corrected chi connectivity index (χ0v) is 10.5. The van der Waals surface area contributed by atoms with Gasteiger partial charge in [0.1, 0.15) is 11.5 Å². The van der Waals surface area contributed by atoms with Crippen molar-refractivity contribution in [3.8, 4) is 0 Å². The van der Waals surface area contributed by atoms with Gasteiger partial charge in [0.25, 0.3) is 0 Å². The summed E-state index contributed by atoms with van der Waals surface area (Å²) in [5.74, 6) is 0.290. The molecule has 0 spiro atoms. The second kappa shape index (κ2) is 4.97. The largest absolute Gasteiger partial charge is 0.477 e. The summed E-state index contributed by atoms with van der Waals surface area (Å²) in [4.78, 5) is 11.3. The second-order valence-corrected chi connectivity index (χ2v) is 4.94. The third kappa shape index (κ3) is 2.31. The molecule has 19 heavy (non-hydrogen) atoms. The average molecular weight is 260 g/mol. The number of hydrogen-bond donors (Lipinski definition) is 2. The van der Waals surface area contributed by atoms with E-state index in [1.165, 1.54) is 0 Å². The Balaban J connectivity index is 1.96. The number of pyridine rings is 1. The average Bonchev–Trinajstić information content (AvgIpc) is 2.83. The topological polar surface area (TPSA) is 79.5 Å². The SMILES string of the molecule is O=C(O)c1cccc2nnc(CC3CCCNC3)n12. The number of carbonyl (C=O) groups is 1. The van der Waals surface area contributed by atoms with Gasteiger partial charge in [-0.2, -0.15) is 0 Å². The fourth-order valence-corrected chi connectivity index (χ4v) is 2.66. The summed E-state index contributed by atoms with van der Waals surface area (Å²) in [6, 6.07) is 5.06. The summed E-state index contributed by atoms with van der Waals surface area (Å²) in [7, 11) is 0. The number of fused-ring (bicyclic) bond motifs is 1. The van der Waals surface area contributed by atoms with Crippen LogP contribution in [0.1, 0.15) is 29.2 Å². The number of carboxylic acids is 1. The van der Waals surface area contributed by atoms with Crippen LogP contribution < -0.4 is 5.32 Å². The van der Waals surface area contributed by atoms with E-state index in [4.69, 9.17) is 0 Å². The van der Waals surface area contributed by atoms with Crippen molar-refractivity contribution in [2.24, 2.45) is 5.92 Å². The lowest BCUT2D eigenvalue weighted by molar-refractivity contribution is 0.0688. The van der Waals surface area contributed by atoms with Crippen molar-refractivity contribution in [1.29, 1.82) is 0 Å². The van der Waals surface area contributed by atoms with Crippen molar-refractivity contribution >= 4 is 11.6 Å². The summed E-state index contributed by atoms with van der Waals surface area (Å²) < 4.78 is 1.65. The van der Waals surface area contributed by atoms with E-state index in [0.717, 1.165) is 38.2 Å². The van der Waals surface area contributed by atoms with E-state index in [1.54, 1.807) is 22.6 Å². The molecule has 6 nitrogen and oxygen atoms in total. The number of rotatable bonds is 3. The first-order valence-corrected chi connectivity index (χ1v) is 6.53.